The van der Waals surface area contributed by atoms with Gasteiger partial charge in [-0.3, -0.25) is 0 Å². The molecule has 0 aromatic heterocycles. The van der Waals surface area contributed by atoms with E-state index in [1.54, 1.807) is 0 Å². The van der Waals surface area contributed by atoms with Crippen LogP contribution in [-0.4, -0.2) is 20.0 Å². The Morgan fingerprint density at radius 2 is 1.26 bits per heavy atom. The molecule has 0 bridgehead atoms. The second-order valence-electron chi connectivity index (χ2n) is 4.43. The molecule has 0 amide bonds. The van der Waals surface area contributed by atoms with E-state index in [1.165, 1.54) is 20.9 Å². The van der Waals surface area contributed by atoms with E-state index in [2.05, 4.69) is 48.5 Å². The summed E-state index contributed by atoms with van der Waals surface area (Å²) < 4.78 is 9.44. The Kier molecular flexibility index (Phi) is 4.18. The fourth-order valence-electron chi connectivity index (χ4n) is 2.12. The van der Waals surface area contributed by atoms with E-state index in [9.17, 15) is 0 Å². The molecule has 2 aliphatic heterocycles. The zero-order valence-corrected chi connectivity index (χ0v) is 11.5. The molecule has 0 aliphatic carbocycles. The summed E-state index contributed by atoms with van der Waals surface area (Å²) in [6, 6.07) is 17.3. The third kappa shape index (κ3) is 3.18. The van der Waals surface area contributed by atoms with Gasteiger partial charge in [-0.05, 0) is 29.7 Å². The lowest BCUT2D eigenvalue weighted by molar-refractivity contribution is 0.0692. The van der Waals surface area contributed by atoms with Crippen molar-refractivity contribution >= 4 is 11.8 Å². The van der Waals surface area contributed by atoms with Crippen molar-refractivity contribution in [1.82, 2.24) is 0 Å². The fraction of sp³-hybridized carbons (Fsp3) is 0.250. The Hall–Kier alpha value is -1.29. The van der Waals surface area contributed by atoms with Gasteiger partial charge < -0.3 is 9.47 Å². The van der Waals surface area contributed by atoms with Gasteiger partial charge in [-0.1, -0.05) is 48.2 Å². The minimum absolute atomic E-state index is 0.500. The number of hydrogen-bond acceptors (Lipinski definition) is 3. The van der Waals surface area contributed by atoms with E-state index in [0.29, 0.717) is 6.79 Å². The van der Waals surface area contributed by atoms with Gasteiger partial charge in [-0.25, -0.2) is 0 Å². The van der Waals surface area contributed by atoms with Crippen molar-refractivity contribution in [3.8, 4) is 0 Å². The van der Waals surface area contributed by atoms with Gasteiger partial charge in [-0.15, -0.1) is 0 Å². The van der Waals surface area contributed by atoms with Crippen LogP contribution in [0.2, 0.25) is 0 Å². The van der Waals surface area contributed by atoms with E-state index >= 15 is 0 Å². The third-order valence-electron chi connectivity index (χ3n) is 3.08. The van der Waals surface area contributed by atoms with Gasteiger partial charge in [0.15, 0.2) is 0 Å². The van der Waals surface area contributed by atoms with Crippen LogP contribution in [0.25, 0.3) is 0 Å². The molecule has 0 saturated carbocycles. The first kappa shape index (κ1) is 12.7. The molecular formula is C16H16O2S. The average molecular weight is 272 g/mol. The highest BCUT2D eigenvalue weighted by Crippen LogP contribution is 2.38. The Labute approximate surface area is 117 Å². The van der Waals surface area contributed by atoms with Crippen LogP contribution in [0.5, 0.6) is 0 Å². The van der Waals surface area contributed by atoms with Gasteiger partial charge >= 0.3 is 0 Å². The highest BCUT2D eigenvalue weighted by atomic mass is 32.2. The van der Waals surface area contributed by atoms with Gasteiger partial charge in [0, 0.05) is 9.79 Å². The molecule has 2 aliphatic rings. The maximum absolute atomic E-state index is 4.72. The molecule has 2 aromatic carbocycles. The van der Waals surface area contributed by atoms with Crippen LogP contribution in [0.15, 0.2) is 58.3 Å². The molecule has 2 aromatic rings. The molecule has 0 spiro atoms. The molecule has 1 fully saturated rings. The van der Waals surface area contributed by atoms with Crippen LogP contribution in [-0.2, 0) is 15.9 Å². The van der Waals surface area contributed by atoms with Crippen molar-refractivity contribution in [2.75, 3.05) is 20.0 Å². The summed E-state index contributed by atoms with van der Waals surface area (Å²) in [6.45, 7) is 2.06. The van der Waals surface area contributed by atoms with Gasteiger partial charge in [0.1, 0.15) is 6.79 Å². The summed E-state index contributed by atoms with van der Waals surface area (Å²) in [5.74, 6) is 0. The van der Waals surface area contributed by atoms with E-state index < -0.39 is 0 Å². The molecule has 4 rings (SSSR count). The highest BCUT2D eigenvalue weighted by molar-refractivity contribution is 7.99. The van der Waals surface area contributed by atoms with Crippen molar-refractivity contribution in [3.05, 3.63) is 59.7 Å². The molecule has 0 unspecified atom stereocenters. The molecule has 98 valence electrons. The topological polar surface area (TPSA) is 18.5 Å². The Balaban J connectivity index is 0.000000187. The average Bonchev–Trinajstić information content (AvgIpc) is 3.04. The van der Waals surface area contributed by atoms with Gasteiger partial charge in [0.05, 0.1) is 13.2 Å². The van der Waals surface area contributed by atoms with Crippen LogP contribution < -0.4 is 0 Å². The molecule has 3 heteroatoms. The number of benzene rings is 2. The quantitative estimate of drug-likeness (QED) is 0.621. The summed E-state index contributed by atoms with van der Waals surface area (Å²) in [5, 5.41) is 0. The lowest BCUT2D eigenvalue weighted by Gasteiger charge is -2.17. The molecule has 0 N–H and O–H groups in total. The first-order valence-corrected chi connectivity index (χ1v) is 7.24. The maximum atomic E-state index is 4.72. The SMILES string of the molecule is C1COCO1.c1ccc2c(c1)Cc1ccccc1S2. The first-order chi connectivity index (χ1) is 9.43. The highest BCUT2D eigenvalue weighted by Gasteiger charge is 2.13. The van der Waals surface area contributed by atoms with Crippen molar-refractivity contribution < 1.29 is 9.47 Å². The van der Waals surface area contributed by atoms with E-state index in [1.807, 2.05) is 11.8 Å². The number of ether oxygens (including phenoxy) is 2. The third-order valence-corrected chi connectivity index (χ3v) is 4.32. The van der Waals surface area contributed by atoms with Crippen LogP contribution in [0.4, 0.5) is 0 Å². The van der Waals surface area contributed by atoms with E-state index in [-0.39, 0.29) is 0 Å². The number of fused-ring (bicyclic) bond motifs is 2. The van der Waals surface area contributed by atoms with Gasteiger partial charge in [-0.2, -0.15) is 0 Å². The lowest BCUT2D eigenvalue weighted by atomic mass is 10.0. The fourth-order valence-corrected chi connectivity index (χ4v) is 3.19. The standard InChI is InChI=1S/C13H10S.C3H6O2/c1-3-7-12-10(5-1)9-11-6-2-4-8-13(11)14-12;1-2-5-3-4-1/h1-8H,9H2;1-3H2. The number of rotatable bonds is 0. The first-order valence-electron chi connectivity index (χ1n) is 6.42. The van der Waals surface area contributed by atoms with Crippen LogP contribution in [0.3, 0.4) is 0 Å². The Morgan fingerprint density at radius 3 is 1.74 bits per heavy atom. The molecule has 19 heavy (non-hydrogen) atoms. The predicted molar refractivity (Wildman–Crippen MR) is 76.6 cm³/mol. The zero-order valence-electron chi connectivity index (χ0n) is 10.7. The van der Waals surface area contributed by atoms with Crippen LogP contribution in [0.1, 0.15) is 11.1 Å². The van der Waals surface area contributed by atoms with Gasteiger partial charge in [0.2, 0.25) is 0 Å². The number of hydrogen-bond donors (Lipinski definition) is 0. The summed E-state index contributed by atoms with van der Waals surface area (Å²) in [5.41, 5.74) is 2.91. The predicted octanol–water partition coefficient (Wildman–Crippen LogP) is 3.73. The van der Waals surface area contributed by atoms with Crippen molar-refractivity contribution in [1.29, 1.82) is 0 Å². The Bertz CT molecular complexity index is 455. The van der Waals surface area contributed by atoms with E-state index in [0.717, 1.165) is 19.6 Å². The Morgan fingerprint density at radius 1 is 0.737 bits per heavy atom. The maximum Gasteiger partial charge on any atom is 0.146 e. The normalized spacial score (nSPS) is 16.0. The summed E-state index contributed by atoms with van der Waals surface area (Å²) in [7, 11) is 0. The smallest absolute Gasteiger partial charge is 0.146 e. The summed E-state index contributed by atoms with van der Waals surface area (Å²) >= 11 is 1.88. The van der Waals surface area contributed by atoms with E-state index in [4.69, 9.17) is 9.47 Å². The minimum atomic E-state index is 0.500. The molecule has 2 nitrogen and oxygen atoms in total. The van der Waals surface area contributed by atoms with Crippen molar-refractivity contribution in [2.45, 2.75) is 16.2 Å². The monoisotopic (exact) mass is 272 g/mol. The molecule has 0 atom stereocenters. The zero-order chi connectivity index (χ0) is 12.9. The van der Waals surface area contributed by atoms with Crippen LogP contribution in [0, 0.1) is 0 Å². The second kappa shape index (κ2) is 6.24. The van der Waals surface area contributed by atoms with Crippen molar-refractivity contribution in [3.63, 3.8) is 0 Å². The molecule has 0 radical (unpaired) electrons. The molecule has 2 heterocycles. The minimum Gasteiger partial charge on any atom is -0.353 e. The van der Waals surface area contributed by atoms with Gasteiger partial charge in [0.25, 0.3) is 0 Å². The summed E-state index contributed by atoms with van der Waals surface area (Å²) in [6.07, 6.45) is 1.08. The summed E-state index contributed by atoms with van der Waals surface area (Å²) in [4.78, 5) is 2.82. The molecule has 1 saturated heterocycles. The largest absolute Gasteiger partial charge is 0.353 e. The molecular weight excluding hydrogens is 256 g/mol. The second-order valence-corrected chi connectivity index (χ2v) is 5.51. The van der Waals surface area contributed by atoms with Crippen LogP contribution >= 0.6 is 11.8 Å². The lowest BCUT2D eigenvalue weighted by Crippen LogP contribution is -1.98. The van der Waals surface area contributed by atoms with Crippen molar-refractivity contribution in [2.24, 2.45) is 0 Å².